The molecule has 0 spiro atoms. The van der Waals surface area contributed by atoms with Crippen LogP contribution < -0.4 is 11.1 Å². The molecule has 0 aliphatic carbocycles. The van der Waals surface area contributed by atoms with E-state index in [1.54, 1.807) is 7.05 Å². The van der Waals surface area contributed by atoms with Crippen molar-refractivity contribution in [2.24, 2.45) is 12.8 Å². The van der Waals surface area contributed by atoms with Crippen molar-refractivity contribution >= 4 is 17.8 Å². The maximum Gasteiger partial charge on any atom is 0.397 e. The van der Waals surface area contributed by atoms with Gasteiger partial charge in [-0.25, -0.2) is 0 Å². The van der Waals surface area contributed by atoms with Crippen LogP contribution in [0, 0.1) is 10.1 Å². The normalized spacial score (nSPS) is 10.7. The summed E-state index contributed by atoms with van der Waals surface area (Å²) in [5, 5.41) is 16.8. The minimum Gasteiger partial charge on any atom is -0.358 e. The first-order valence-electron chi connectivity index (χ1n) is 4.88. The molecule has 8 heteroatoms. The number of nitrogens with one attached hydrogen (secondary N) is 1. The van der Waals surface area contributed by atoms with Gasteiger partial charge in [0.25, 0.3) is 0 Å². The van der Waals surface area contributed by atoms with Crippen LogP contribution in [-0.2, 0) is 11.8 Å². The number of nitrogens with two attached hydrogens (primary N) is 1. The minimum absolute atomic E-state index is 0.278. The predicted molar refractivity (Wildman–Crippen MR) is 61.0 cm³/mol. The topological polar surface area (TPSA) is 116 Å². The molecular formula is C9H13N5O3. The summed E-state index contributed by atoms with van der Waals surface area (Å²) in [4.78, 5) is 21.2. The van der Waals surface area contributed by atoms with E-state index in [1.165, 1.54) is 23.0 Å². The number of aromatic nitrogens is 2. The van der Waals surface area contributed by atoms with Crippen LogP contribution >= 0.6 is 0 Å². The lowest BCUT2D eigenvalue weighted by molar-refractivity contribution is -0.390. The molecule has 0 aliphatic heterocycles. The maximum atomic E-state index is 11.2. The molecule has 0 unspecified atom stereocenters. The lowest BCUT2D eigenvalue weighted by Crippen LogP contribution is -2.27. The molecule has 1 aromatic rings. The summed E-state index contributed by atoms with van der Waals surface area (Å²) in [6.45, 7) is 0.699. The first-order chi connectivity index (χ1) is 8.04. The molecule has 1 amide bonds. The molecule has 0 fully saturated rings. The van der Waals surface area contributed by atoms with Crippen molar-refractivity contribution in [1.82, 2.24) is 15.1 Å². The Bertz CT molecular complexity index is 451. The molecule has 8 nitrogen and oxygen atoms in total. The van der Waals surface area contributed by atoms with Crippen molar-refractivity contribution in [3.05, 3.63) is 28.0 Å². The van der Waals surface area contributed by atoms with Gasteiger partial charge >= 0.3 is 5.82 Å². The number of nitro groups is 1. The molecule has 17 heavy (non-hydrogen) atoms. The Balaban J connectivity index is 2.77. The molecule has 0 radical (unpaired) electrons. The van der Waals surface area contributed by atoms with Gasteiger partial charge in [0.15, 0.2) is 0 Å². The van der Waals surface area contributed by atoms with Crippen LogP contribution in [0.2, 0.25) is 0 Å². The molecule has 0 saturated carbocycles. The van der Waals surface area contributed by atoms with E-state index in [4.69, 9.17) is 5.73 Å². The zero-order chi connectivity index (χ0) is 12.8. The predicted octanol–water partition coefficient (Wildman–Crippen LogP) is -0.584. The fourth-order valence-corrected chi connectivity index (χ4v) is 1.17. The van der Waals surface area contributed by atoms with Gasteiger partial charge in [0, 0.05) is 19.2 Å². The van der Waals surface area contributed by atoms with E-state index in [-0.39, 0.29) is 17.3 Å². The van der Waals surface area contributed by atoms with Crippen LogP contribution in [0.5, 0.6) is 0 Å². The molecule has 92 valence electrons. The second-order valence-corrected chi connectivity index (χ2v) is 3.25. The fraction of sp³-hybridized carbons (Fsp3) is 0.333. The molecule has 3 N–H and O–H groups in total. The van der Waals surface area contributed by atoms with Gasteiger partial charge in [-0.15, -0.1) is 0 Å². The standard InChI is InChI=1S/C9H13N5O3/c1-13-6-7(9(12-13)14(16)17)2-3-8(15)11-5-4-10/h2-3,6H,4-5,10H2,1H3,(H,11,15). The zero-order valence-corrected chi connectivity index (χ0v) is 9.29. The van der Waals surface area contributed by atoms with E-state index in [2.05, 4.69) is 10.4 Å². The van der Waals surface area contributed by atoms with Crippen LogP contribution in [0.15, 0.2) is 12.3 Å². The van der Waals surface area contributed by atoms with Crippen molar-refractivity contribution in [3.63, 3.8) is 0 Å². The number of carbonyl (C=O) groups is 1. The van der Waals surface area contributed by atoms with Crippen molar-refractivity contribution in [3.8, 4) is 0 Å². The molecule has 1 heterocycles. The van der Waals surface area contributed by atoms with Crippen molar-refractivity contribution in [2.45, 2.75) is 0 Å². The second-order valence-electron chi connectivity index (χ2n) is 3.25. The fourth-order valence-electron chi connectivity index (χ4n) is 1.17. The summed E-state index contributed by atoms with van der Waals surface area (Å²) in [5.41, 5.74) is 5.49. The largest absolute Gasteiger partial charge is 0.397 e. The van der Waals surface area contributed by atoms with Gasteiger partial charge in [-0.2, -0.15) is 4.68 Å². The molecule has 0 atom stereocenters. The minimum atomic E-state index is -0.600. The lowest BCUT2D eigenvalue weighted by Gasteiger charge is -1.96. The van der Waals surface area contributed by atoms with Crippen LogP contribution in [0.3, 0.4) is 0 Å². The molecule has 1 aromatic heterocycles. The van der Waals surface area contributed by atoms with E-state index in [0.29, 0.717) is 13.1 Å². The number of amides is 1. The lowest BCUT2D eigenvalue weighted by atomic mass is 10.3. The first kappa shape index (κ1) is 12.8. The van der Waals surface area contributed by atoms with Crippen molar-refractivity contribution in [1.29, 1.82) is 0 Å². The smallest absolute Gasteiger partial charge is 0.358 e. The number of carbonyl (C=O) groups excluding carboxylic acids is 1. The SMILES string of the molecule is Cn1cc(C=CC(=O)NCCN)c([N+](=O)[O-])n1. The highest BCUT2D eigenvalue weighted by Gasteiger charge is 2.16. The third-order valence-electron chi connectivity index (χ3n) is 1.87. The van der Waals surface area contributed by atoms with Crippen molar-refractivity contribution < 1.29 is 9.72 Å². The Morgan fingerprint density at radius 2 is 2.47 bits per heavy atom. The van der Waals surface area contributed by atoms with Gasteiger partial charge in [-0.1, -0.05) is 0 Å². The number of rotatable bonds is 5. The summed E-state index contributed by atoms with van der Waals surface area (Å²) in [7, 11) is 1.57. The monoisotopic (exact) mass is 239 g/mol. The first-order valence-corrected chi connectivity index (χ1v) is 4.88. The molecule has 0 bridgehead atoms. The Morgan fingerprint density at radius 1 is 1.76 bits per heavy atom. The summed E-state index contributed by atoms with van der Waals surface area (Å²) < 4.78 is 1.32. The summed E-state index contributed by atoms with van der Waals surface area (Å²) in [6.07, 6.45) is 4.02. The van der Waals surface area contributed by atoms with Gasteiger partial charge in [0.2, 0.25) is 5.91 Å². The molecular weight excluding hydrogens is 226 g/mol. The Hall–Kier alpha value is -2.22. The molecule has 0 aliphatic rings. The van der Waals surface area contributed by atoms with Crippen LogP contribution in [-0.4, -0.2) is 33.7 Å². The Morgan fingerprint density at radius 3 is 3.06 bits per heavy atom. The summed E-state index contributed by atoms with van der Waals surface area (Å²) in [5.74, 6) is -0.635. The van der Waals surface area contributed by atoms with Gasteiger partial charge in [0.1, 0.15) is 0 Å². The highest BCUT2D eigenvalue weighted by Crippen LogP contribution is 2.16. The highest BCUT2D eigenvalue weighted by atomic mass is 16.6. The van der Waals surface area contributed by atoms with E-state index < -0.39 is 4.92 Å². The van der Waals surface area contributed by atoms with Crippen LogP contribution in [0.4, 0.5) is 5.82 Å². The maximum absolute atomic E-state index is 11.2. The van der Waals surface area contributed by atoms with E-state index >= 15 is 0 Å². The van der Waals surface area contributed by atoms with Gasteiger partial charge < -0.3 is 21.2 Å². The average molecular weight is 239 g/mol. The van der Waals surface area contributed by atoms with Gasteiger partial charge in [-0.3, -0.25) is 4.79 Å². The third-order valence-corrected chi connectivity index (χ3v) is 1.87. The molecule has 0 saturated heterocycles. The van der Waals surface area contributed by atoms with E-state index in [1.807, 2.05) is 0 Å². The van der Waals surface area contributed by atoms with E-state index in [9.17, 15) is 14.9 Å². The van der Waals surface area contributed by atoms with Gasteiger partial charge in [-0.05, 0) is 11.0 Å². The number of hydrogen-bond acceptors (Lipinski definition) is 5. The summed E-state index contributed by atoms with van der Waals surface area (Å²) >= 11 is 0. The second kappa shape index (κ2) is 5.75. The van der Waals surface area contributed by atoms with Crippen LogP contribution in [0.1, 0.15) is 5.56 Å². The van der Waals surface area contributed by atoms with E-state index in [0.717, 1.165) is 0 Å². The number of aryl methyl sites for hydroxylation is 1. The Labute approximate surface area is 97.2 Å². The third kappa shape index (κ3) is 3.68. The molecule has 0 aromatic carbocycles. The molecule has 1 rings (SSSR count). The Kier molecular flexibility index (Phi) is 4.35. The van der Waals surface area contributed by atoms with Crippen LogP contribution in [0.25, 0.3) is 6.08 Å². The number of nitrogens with zero attached hydrogens (tertiary/aromatic N) is 3. The quantitative estimate of drug-likeness (QED) is 0.405. The number of hydrogen-bond donors (Lipinski definition) is 2. The highest BCUT2D eigenvalue weighted by molar-refractivity contribution is 5.92. The summed E-state index contributed by atoms with van der Waals surface area (Å²) in [6, 6.07) is 0. The zero-order valence-electron chi connectivity index (χ0n) is 9.29. The van der Waals surface area contributed by atoms with Gasteiger partial charge in [0.05, 0.1) is 23.9 Å². The average Bonchev–Trinajstić information content (AvgIpc) is 2.65. The van der Waals surface area contributed by atoms with Crippen molar-refractivity contribution in [2.75, 3.05) is 13.1 Å².